The molecule has 3 rings (SSSR count). The summed E-state index contributed by atoms with van der Waals surface area (Å²) in [4.78, 5) is 14.0. The molecule has 5 nitrogen and oxygen atoms in total. The number of likely N-dealkylation sites (tertiary alicyclic amines) is 1. The van der Waals surface area contributed by atoms with Gasteiger partial charge >= 0.3 is 5.97 Å². The van der Waals surface area contributed by atoms with Crippen LogP contribution in [0.3, 0.4) is 0 Å². The molecule has 1 aliphatic heterocycles. The maximum Gasteiger partial charge on any atom is 0.320 e. The first-order valence-electron chi connectivity index (χ1n) is 9.22. The van der Waals surface area contributed by atoms with Crippen molar-refractivity contribution in [1.29, 1.82) is 0 Å². The Labute approximate surface area is 188 Å². The predicted octanol–water partition coefficient (Wildman–Crippen LogP) is 5.80. The van der Waals surface area contributed by atoms with Crippen LogP contribution in [0.1, 0.15) is 36.4 Å². The highest BCUT2D eigenvalue weighted by atomic mass is 79.9. The fraction of sp³-hybridized carbons (Fsp3) is 0.381. The second kappa shape index (κ2) is 9.56. The van der Waals surface area contributed by atoms with E-state index in [1.807, 2.05) is 23.1 Å². The number of aliphatic carboxylic acids is 1. The molecule has 156 valence electrons. The Hall–Kier alpha value is -1.47. The number of ether oxygens (including phenoxy) is 2. The van der Waals surface area contributed by atoms with Crippen molar-refractivity contribution < 1.29 is 19.4 Å². The fourth-order valence-corrected chi connectivity index (χ4v) is 4.91. The molecule has 2 aromatic rings. The minimum Gasteiger partial charge on any atom is -0.493 e. The van der Waals surface area contributed by atoms with E-state index < -0.39 is 18.1 Å². The highest BCUT2D eigenvalue weighted by Gasteiger charge is 2.37. The molecule has 0 bridgehead atoms. The van der Waals surface area contributed by atoms with Crippen LogP contribution in [0.2, 0.25) is 10.0 Å². The quantitative estimate of drug-likeness (QED) is 0.540. The summed E-state index contributed by atoms with van der Waals surface area (Å²) < 4.78 is 11.7. The van der Waals surface area contributed by atoms with E-state index in [2.05, 4.69) is 15.9 Å². The Morgan fingerprint density at radius 3 is 2.45 bits per heavy atom. The van der Waals surface area contributed by atoms with E-state index in [4.69, 9.17) is 32.7 Å². The van der Waals surface area contributed by atoms with Gasteiger partial charge in [0.05, 0.1) is 20.3 Å². The van der Waals surface area contributed by atoms with E-state index >= 15 is 0 Å². The molecular weight excluding hydrogens is 481 g/mol. The molecule has 1 N–H and O–H groups in total. The van der Waals surface area contributed by atoms with E-state index in [1.165, 1.54) is 0 Å². The van der Waals surface area contributed by atoms with Gasteiger partial charge in [0.2, 0.25) is 0 Å². The molecule has 29 heavy (non-hydrogen) atoms. The number of hydrogen-bond donors (Lipinski definition) is 1. The van der Waals surface area contributed by atoms with Gasteiger partial charge in [0.25, 0.3) is 0 Å². The summed E-state index contributed by atoms with van der Waals surface area (Å²) in [6, 6.07) is 7.99. The van der Waals surface area contributed by atoms with Crippen molar-refractivity contribution in [2.24, 2.45) is 0 Å². The Morgan fingerprint density at radius 2 is 1.83 bits per heavy atom. The third kappa shape index (κ3) is 4.66. The molecule has 0 spiro atoms. The first-order chi connectivity index (χ1) is 13.9. The van der Waals surface area contributed by atoms with Crippen molar-refractivity contribution in [2.75, 3.05) is 20.8 Å². The van der Waals surface area contributed by atoms with Crippen LogP contribution in [0.25, 0.3) is 0 Å². The number of methoxy groups -OCH3 is 2. The fourth-order valence-electron chi connectivity index (χ4n) is 3.86. The standard InChI is InChI=1S/C21H22BrCl2NO4/c1-28-18-10-14(15(22)11-19(18)29-2)20(13-7-6-12(23)9-16(13)24)25-8-4-3-5-17(25)21(26)27/h6-7,9-11,17,20H,3-5,8H2,1-2H3,(H,26,27). The van der Waals surface area contributed by atoms with Gasteiger partial charge in [-0.05, 0) is 54.8 Å². The van der Waals surface area contributed by atoms with E-state index in [-0.39, 0.29) is 0 Å². The minimum atomic E-state index is -0.837. The number of halogens is 3. The summed E-state index contributed by atoms with van der Waals surface area (Å²) in [5.74, 6) is 0.304. The summed E-state index contributed by atoms with van der Waals surface area (Å²) in [5, 5.41) is 10.9. The zero-order valence-electron chi connectivity index (χ0n) is 16.1. The van der Waals surface area contributed by atoms with Crippen molar-refractivity contribution in [3.63, 3.8) is 0 Å². The molecule has 0 aliphatic carbocycles. The van der Waals surface area contributed by atoms with Crippen LogP contribution in [0.5, 0.6) is 11.5 Å². The summed E-state index contributed by atoms with van der Waals surface area (Å²) in [6.07, 6.45) is 2.37. The molecule has 0 amide bonds. The average molecular weight is 503 g/mol. The lowest BCUT2D eigenvalue weighted by atomic mass is 9.91. The molecule has 1 fully saturated rings. The molecule has 8 heteroatoms. The molecule has 1 aliphatic rings. The first-order valence-corrected chi connectivity index (χ1v) is 10.8. The van der Waals surface area contributed by atoms with Crippen molar-refractivity contribution >= 4 is 45.1 Å². The second-order valence-corrected chi connectivity index (χ2v) is 8.58. The third-order valence-corrected chi connectivity index (χ3v) is 6.46. The van der Waals surface area contributed by atoms with Crippen LogP contribution >= 0.6 is 39.1 Å². The molecular formula is C21H22BrCl2NO4. The van der Waals surface area contributed by atoms with Gasteiger partial charge in [0.15, 0.2) is 11.5 Å². The van der Waals surface area contributed by atoms with Gasteiger partial charge < -0.3 is 14.6 Å². The van der Waals surface area contributed by atoms with Crippen LogP contribution in [-0.4, -0.2) is 42.8 Å². The van der Waals surface area contributed by atoms with Crippen LogP contribution in [0.4, 0.5) is 0 Å². The van der Waals surface area contributed by atoms with Gasteiger partial charge in [-0.15, -0.1) is 0 Å². The minimum absolute atomic E-state index is 0.393. The van der Waals surface area contributed by atoms with Gasteiger partial charge in [-0.3, -0.25) is 9.69 Å². The van der Waals surface area contributed by atoms with Gasteiger partial charge in [0, 0.05) is 14.5 Å². The molecule has 1 heterocycles. The van der Waals surface area contributed by atoms with Crippen LogP contribution < -0.4 is 9.47 Å². The number of piperidine rings is 1. The van der Waals surface area contributed by atoms with Gasteiger partial charge in [-0.1, -0.05) is 51.6 Å². The lowest BCUT2D eigenvalue weighted by molar-refractivity contribution is -0.145. The molecule has 0 aromatic heterocycles. The molecule has 2 unspecified atom stereocenters. The molecule has 0 saturated carbocycles. The van der Waals surface area contributed by atoms with Crippen molar-refractivity contribution in [3.8, 4) is 11.5 Å². The van der Waals surface area contributed by atoms with Crippen LogP contribution in [0, 0.1) is 0 Å². The molecule has 2 atom stereocenters. The zero-order valence-corrected chi connectivity index (χ0v) is 19.2. The normalized spacial score (nSPS) is 18.3. The van der Waals surface area contributed by atoms with Gasteiger partial charge in [-0.25, -0.2) is 0 Å². The molecule has 2 aromatic carbocycles. The number of nitrogens with zero attached hydrogens (tertiary/aromatic N) is 1. The lowest BCUT2D eigenvalue weighted by Crippen LogP contribution is -2.47. The number of benzene rings is 2. The summed E-state index contributed by atoms with van der Waals surface area (Å²) in [7, 11) is 3.14. The maximum atomic E-state index is 12.0. The summed E-state index contributed by atoms with van der Waals surface area (Å²) in [5.41, 5.74) is 1.64. The molecule has 1 saturated heterocycles. The molecule has 0 radical (unpaired) electrons. The van der Waals surface area contributed by atoms with E-state index in [0.717, 1.165) is 28.4 Å². The van der Waals surface area contributed by atoms with Crippen molar-refractivity contribution in [2.45, 2.75) is 31.3 Å². The van der Waals surface area contributed by atoms with Gasteiger partial charge in [0.1, 0.15) is 6.04 Å². The topological polar surface area (TPSA) is 59.0 Å². The monoisotopic (exact) mass is 501 g/mol. The lowest BCUT2D eigenvalue weighted by Gasteiger charge is -2.40. The number of carbonyl (C=O) groups is 1. The summed E-state index contributed by atoms with van der Waals surface area (Å²) >= 11 is 16.3. The SMILES string of the molecule is COc1cc(Br)c(C(c2ccc(Cl)cc2Cl)N2CCCCC2C(=O)O)cc1OC. The summed E-state index contributed by atoms with van der Waals surface area (Å²) in [6.45, 7) is 0.640. The van der Waals surface area contributed by atoms with Gasteiger partial charge in [-0.2, -0.15) is 0 Å². The van der Waals surface area contributed by atoms with Crippen molar-refractivity contribution in [3.05, 3.63) is 56.0 Å². The second-order valence-electron chi connectivity index (χ2n) is 6.88. The van der Waals surface area contributed by atoms with E-state index in [0.29, 0.717) is 34.5 Å². The Kier molecular flexibility index (Phi) is 7.32. The number of carboxylic acid groups (broad SMARTS) is 1. The first kappa shape index (κ1) is 22.2. The Morgan fingerprint density at radius 1 is 1.14 bits per heavy atom. The van der Waals surface area contributed by atoms with Crippen molar-refractivity contribution in [1.82, 2.24) is 4.90 Å². The average Bonchev–Trinajstić information content (AvgIpc) is 2.70. The maximum absolute atomic E-state index is 12.0. The Bertz CT molecular complexity index is 908. The number of rotatable bonds is 6. The zero-order chi connectivity index (χ0) is 21.1. The largest absolute Gasteiger partial charge is 0.493 e. The number of hydrogen-bond acceptors (Lipinski definition) is 4. The van der Waals surface area contributed by atoms with E-state index in [9.17, 15) is 9.90 Å². The predicted molar refractivity (Wildman–Crippen MR) is 118 cm³/mol. The Balaban J connectivity index is 2.22. The van der Waals surface area contributed by atoms with Crippen LogP contribution in [0.15, 0.2) is 34.8 Å². The smallest absolute Gasteiger partial charge is 0.320 e. The number of carboxylic acids is 1. The highest BCUT2D eigenvalue weighted by Crippen LogP contribution is 2.44. The highest BCUT2D eigenvalue weighted by molar-refractivity contribution is 9.10. The van der Waals surface area contributed by atoms with Crippen LogP contribution in [-0.2, 0) is 4.79 Å². The van der Waals surface area contributed by atoms with E-state index in [1.54, 1.807) is 26.4 Å². The third-order valence-electron chi connectivity index (χ3n) is 5.22.